The zero-order chi connectivity index (χ0) is 15.6. The van der Waals surface area contributed by atoms with Crippen molar-refractivity contribution in [2.75, 3.05) is 12.8 Å². The molecule has 0 aliphatic rings. The van der Waals surface area contributed by atoms with Gasteiger partial charge in [-0.15, -0.1) is 0 Å². The van der Waals surface area contributed by atoms with Crippen molar-refractivity contribution in [3.63, 3.8) is 0 Å². The molecule has 0 unspecified atom stereocenters. The lowest BCUT2D eigenvalue weighted by atomic mass is 10.2. The topological polar surface area (TPSA) is 63.4 Å². The van der Waals surface area contributed by atoms with Crippen LogP contribution in [0, 0.1) is 0 Å². The Morgan fingerprint density at radius 1 is 1.24 bits per heavy atom. The summed E-state index contributed by atoms with van der Waals surface area (Å²) in [5.74, 6) is 0. The number of hydrogen-bond donors (Lipinski definition) is 1. The van der Waals surface area contributed by atoms with E-state index in [4.69, 9.17) is 17.3 Å². The molecule has 21 heavy (non-hydrogen) atoms. The fraction of sp³-hybridized carbons (Fsp3) is 0.143. The zero-order valence-corrected chi connectivity index (χ0v) is 14.4. The molecule has 7 heteroatoms. The van der Waals surface area contributed by atoms with Crippen LogP contribution in [-0.4, -0.2) is 19.8 Å². The maximum atomic E-state index is 12.6. The average Bonchev–Trinajstić information content (AvgIpc) is 2.40. The molecule has 0 aromatic heterocycles. The van der Waals surface area contributed by atoms with Crippen LogP contribution in [0.5, 0.6) is 0 Å². The monoisotopic (exact) mass is 388 g/mol. The van der Waals surface area contributed by atoms with Crippen LogP contribution in [0.3, 0.4) is 0 Å². The Bertz CT molecular complexity index is 765. The molecule has 2 aromatic rings. The molecule has 0 bridgehead atoms. The summed E-state index contributed by atoms with van der Waals surface area (Å²) in [6.07, 6.45) is 0. The van der Waals surface area contributed by atoms with Gasteiger partial charge in [0.25, 0.3) is 0 Å². The molecule has 0 saturated heterocycles. The maximum Gasteiger partial charge on any atom is 0.244 e. The minimum Gasteiger partial charge on any atom is -0.399 e. The van der Waals surface area contributed by atoms with E-state index in [1.807, 2.05) is 6.07 Å². The second kappa shape index (κ2) is 6.36. The first-order chi connectivity index (χ1) is 9.82. The Morgan fingerprint density at radius 3 is 2.52 bits per heavy atom. The molecular formula is C14H14BrClN2O2S. The highest BCUT2D eigenvalue weighted by Crippen LogP contribution is 2.28. The van der Waals surface area contributed by atoms with E-state index in [0.29, 0.717) is 15.2 Å². The van der Waals surface area contributed by atoms with Gasteiger partial charge in [-0.05, 0) is 45.8 Å². The number of nitrogen functional groups attached to an aromatic ring is 1. The molecule has 0 radical (unpaired) electrons. The van der Waals surface area contributed by atoms with E-state index in [2.05, 4.69) is 15.9 Å². The predicted octanol–water partition coefficient (Wildman–Crippen LogP) is 3.51. The second-order valence-corrected chi connectivity index (χ2v) is 7.82. The number of sulfonamides is 1. The van der Waals surface area contributed by atoms with Gasteiger partial charge in [0, 0.05) is 28.8 Å². The van der Waals surface area contributed by atoms with E-state index in [1.54, 1.807) is 30.3 Å². The number of benzene rings is 2. The Hall–Kier alpha value is -1.08. The maximum absolute atomic E-state index is 12.6. The van der Waals surface area contributed by atoms with Crippen molar-refractivity contribution in [1.82, 2.24) is 4.31 Å². The first-order valence-electron chi connectivity index (χ1n) is 6.07. The third-order valence-electron chi connectivity index (χ3n) is 3.00. The van der Waals surface area contributed by atoms with Gasteiger partial charge >= 0.3 is 0 Å². The van der Waals surface area contributed by atoms with Crippen LogP contribution in [0.15, 0.2) is 51.8 Å². The van der Waals surface area contributed by atoms with Gasteiger partial charge in [0.2, 0.25) is 10.0 Å². The van der Waals surface area contributed by atoms with Gasteiger partial charge in [0.1, 0.15) is 0 Å². The molecule has 4 nitrogen and oxygen atoms in total. The minimum atomic E-state index is -3.63. The normalized spacial score (nSPS) is 11.8. The molecule has 0 saturated carbocycles. The Labute approximate surface area is 137 Å². The van der Waals surface area contributed by atoms with Crippen molar-refractivity contribution >= 4 is 43.2 Å². The summed E-state index contributed by atoms with van der Waals surface area (Å²) in [6.45, 7) is 0.193. The smallest absolute Gasteiger partial charge is 0.244 e. The highest BCUT2D eigenvalue weighted by atomic mass is 79.9. The van der Waals surface area contributed by atoms with E-state index in [0.717, 1.165) is 5.56 Å². The van der Waals surface area contributed by atoms with Crippen LogP contribution in [0.25, 0.3) is 0 Å². The molecule has 112 valence electrons. The van der Waals surface area contributed by atoms with Crippen LogP contribution in [0.2, 0.25) is 5.02 Å². The van der Waals surface area contributed by atoms with Gasteiger partial charge in [0.05, 0.1) is 4.90 Å². The van der Waals surface area contributed by atoms with Crippen molar-refractivity contribution in [2.24, 2.45) is 0 Å². The average molecular weight is 390 g/mol. The van der Waals surface area contributed by atoms with Gasteiger partial charge in [-0.2, -0.15) is 4.31 Å². The van der Waals surface area contributed by atoms with E-state index in [1.165, 1.54) is 17.4 Å². The number of hydrogen-bond acceptors (Lipinski definition) is 3. The fourth-order valence-corrected chi connectivity index (χ4v) is 4.24. The van der Waals surface area contributed by atoms with Crippen LogP contribution < -0.4 is 5.73 Å². The zero-order valence-electron chi connectivity index (χ0n) is 11.3. The number of nitrogens with zero attached hydrogens (tertiary/aromatic N) is 1. The van der Waals surface area contributed by atoms with Crippen LogP contribution in [0.4, 0.5) is 5.69 Å². The molecule has 0 heterocycles. The largest absolute Gasteiger partial charge is 0.399 e. The predicted molar refractivity (Wildman–Crippen MR) is 88.7 cm³/mol. The minimum absolute atomic E-state index is 0.172. The van der Waals surface area contributed by atoms with Crippen molar-refractivity contribution in [3.8, 4) is 0 Å². The van der Waals surface area contributed by atoms with Crippen molar-refractivity contribution in [2.45, 2.75) is 11.4 Å². The lowest BCUT2D eigenvalue weighted by Gasteiger charge is -2.19. The van der Waals surface area contributed by atoms with Crippen LogP contribution in [-0.2, 0) is 16.6 Å². The highest BCUT2D eigenvalue weighted by Gasteiger charge is 2.24. The summed E-state index contributed by atoms with van der Waals surface area (Å²) in [7, 11) is -2.11. The van der Waals surface area contributed by atoms with E-state index < -0.39 is 10.0 Å². The number of anilines is 1. The van der Waals surface area contributed by atoms with Crippen molar-refractivity contribution in [1.29, 1.82) is 0 Å². The van der Waals surface area contributed by atoms with Gasteiger partial charge < -0.3 is 5.73 Å². The molecule has 2 aromatic carbocycles. The molecule has 0 aliphatic carbocycles. The van der Waals surface area contributed by atoms with E-state index in [-0.39, 0.29) is 11.4 Å². The highest BCUT2D eigenvalue weighted by molar-refractivity contribution is 9.10. The summed E-state index contributed by atoms with van der Waals surface area (Å²) in [5, 5.41) is 0.538. The second-order valence-electron chi connectivity index (χ2n) is 4.54. The Kier molecular flexibility index (Phi) is 4.93. The third kappa shape index (κ3) is 3.58. The number of rotatable bonds is 4. The van der Waals surface area contributed by atoms with Crippen LogP contribution >= 0.6 is 27.5 Å². The molecule has 0 atom stereocenters. The van der Waals surface area contributed by atoms with Crippen LogP contribution in [0.1, 0.15) is 5.56 Å². The summed E-state index contributed by atoms with van der Waals surface area (Å²) in [4.78, 5) is 0.172. The summed E-state index contributed by atoms with van der Waals surface area (Å²) in [6, 6.07) is 11.8. The summed E-state index contributed by atoms with van der Waals surface area (Å²) < 4.78 is 26.9. The Balaban J connectivity index is 2.33. The molecule has 2 rings (SSSR count). The molecule has 0 amide bonds. The molecule has 0 aliphatic heterocycles. The molecule has 0 spiro atoms. The first-order valence-corrected chi connectivity index (χ1v) is 8.68. The third-order valence-corrected chi connectivity index (χ3v) is 6.14. The first kappa shape index (κ1) is 16.3. The van der Waals surface area contributed by atoms with Gasteiger partial charge in [-0.1, -0.05) is 29.8 Å². The standard InChI is InChI=1S/C14H14BrClN2O2S/c1-18(9-10-4-2-3-5-13(10)16)21(19,20)14-7-6-11(17)8-12(14)15/h2-8H,9,17H2,1H3. The number of nitrogens with two attached hydrogens (primary N) is 1. The summed E-state index contributed by atoms with van der Waals surface area (Å²) in [5.41, 5.74) is 6.88. The van der Waals surface area contributed by atoms with Crippen molar-refractivity contribution < 1.29 is 8.42 Å². The summed E-state index contributed by atoms with van der Waals surface area (Å²) >= 11 is 9.31. The van der Waals surface area contributed by atoms with E-state index in [9.17, 15) is 8.42 Å². The quantitative estimate of drug-likeness (QED) is 0.814. The number of halogens is 2. The lowest BCUT2D eigenvalue weighted by Crippen LogP contribution is -2.27. The van der Waals surface area contributed by atoms with Gasteiger partial charge in [0.15, 0.2) is 0 Å². The Morgan fingerprint density at radius 2 is 1.90 bits per heavy atom. The van der Waals surface area contributed by atoms with Gasteiger partial charge in [-0.3, -0.25) is 0 Å². The fourth-order valence-electron chi connectivity index (χ4n) is 1.85. The van der Waals surface area contributed by atoms with Gasteiger partial charge in [-0.25, -0.2) is 8.42 Å². The SMILES string of the molecule is CN(Cc1ccccc1Cl)S(=O)(=O)c1ccc(N)cc1Br. The molecular weight excluding hydrogens is 376 g/mol. The molecule has 0 fully saturated rings. The van der Waals surface area contributed by atoms with E-state index >= 15 is 0 Å². The molecule has 2 N–H and O–H groups in total. The lowest BCUT2D eigenvalue weighted by molar-refractivity contribution is 0.466. The van der Waals surface area contributed by atoms with Crippen molar-refractivity contribution in [3.05, 3.63) is 57.5 Å².